The van der Waals surface area contributed by atoms with Crippen molar-refractivity contribution in [1.29, 1.82) is 0 Å². The molecule has 1 aromatic carbocycles. The molecule has 0 aliphatic carbocycles. The number of nitrogens with zero attached hydrogens (tertiary/aromatic N) is 2. The molecule has 0 spiro atoms. The first kappa shape index (κ1) is 20.5. The summed E-state index contributed by atoms with van der Waals surface area (Å²) in [5.74, 6) is 2.90. The highest BCUT2D eigenvalue weighted by Crippen LogP contribution is 2.34. The molecule has 0 radical (unpaired) electrons. The third kappa shape index (κ3) is 5.02. The lowest BCUT2D eigenvalue weighted by molar-refractivity contribution is 0.0992. The first-order chi connectivity index (χ1) is 14.7. The van der Waals surface area contributed by atoms with E-state index in [4.69, 9.17) is 14.2 Å². The third-order valence-corrected chi connectivity index (χ3v) is 5.46. The van der Waals surface area contributed by atoms with Crippen molar-refractivity contribution in [3.05, 3.63) is 48.2 Å². The van der Waals surface area contributed by atoms with Gasteiger partial charge in [0.1, 0.15) is 11.5 Å². The minimum Gasteiger partial charge on any atom is -0.494 e. The van der Waals surface area contributed by atoms with Crippen LogP contribution in [0, 0.1) is 0 Å². The van der Waals surface area contributed by atoms with E-state index in [-0.39, 0.29) is 0 Å². The van der Waals surface area contributed by atoms with E-state index in [9.17, 15) is 0 Å². The summed E-state index contributed by atoms with van der Waals surface area (Å²) >= 11 is 0. The van der Waals surface area contributed by atoms with Gasteiger partial charge in [-0.2, -0.15) is 0 Å². The molecule has 2 saturated heterocycles. The Hall–Kier alpha value is -2.80. The number of hydrogen-bond acceptors (Lipinski definition) is 5. The van der Waals surface area contributed by atoms with Crippen LogP contribution in [0.4, 0.5) is 0 Å². The zero-order valence-electron chi connectivity index (χ0n) is 17.6. The van der Waals surface area contributed by atoms with Crippen molar-refractivity contribution in [3.8, 4) is 17.4 Å². The van der Waals surface area contributed by atoms with Crippen LogP contribution in [0.5, 0.6) is 17.4 Å². The summed E-state index contributed by atoms with van der Waals surface area (Å²) in [6.45, 7) is 3.35. The van der Waals surface area contributed by atoms with Gasteiger partial charge in [-0.1, -0.05) is 13.0 Å². The number of rotatable bonds is 8. The van der Waals surface area contributed by atoms with Crippen molar-refractivity contribution in [2.45, 2.75) is 57.4 Å². The fourth-order valence-corrected chi connectivity index (χ4v) is 3.92. The fourth-order valence-electron chi connectivity index (χ4n) is 3.92. The van der Waals surface area contributed by atoms with Gasteiger partial charge in [0, 0.05) is 25.4 Å². The molecule has 2 N–H and O–H groups in total. The summed E-state index contributed by atoms with van der Waals surface area (Å²) in [7, 11) is 1.78. The lowest BCUT2D eigenvalue weighted by Crippen LogP contribution is -2.47. The van der Waals surface area contributed by atoms with Gasteiger partial charge < -0.3 is 24.8 Å². The molecule has 2 aliphatic heterocycles. The normalized spacial score (nSPS) is 22.7. The number of ether oxygens (including phenoxy) is 3. The Morgan fingerprint density at radius 3 is 2.73 bits per heavy atom. The molecule has 0 amide bonds. The van der Waals surface area contributed by atoms with Gasteiger partial charge in [0.2, 0.25) is 5.88 Å². The summed E-state index contributed by atoms with van der Waals surface area (Å²) in [6, 6.07) is 11.9. The molecule has 3 unspecified atom stereocenters. The number of nitrogens with one attached hydrogen (secondary N) is 2. The molecule has 30 heavy (non-hydrogen) atoms. The molecule has 2 aliphatic rings. The number of aromatic nitrogens is 1. The van der Waals surface area contributed by atoms with E-state index in [2.05, 4.69) is 27.5 Å². The van der Waals surface area contributed by atoms with Crippen LogP contribution in [0.2, 0.25) is 0 Å². The van der Waals surface area contributed by atoms with Gasteiger partial charge in [0.15, 0.2) is 5.96 Å². The average Bonchev–Trinajstić information content (AvgIpc) is 3.40. The van der Waals surface area contributed by atoms with E-state index in [0.717, 1.165) is 42.3 Å². The molecule has 0 saturated carbocycles. The Morgan fingerprint density at radius 1 is 1.20 bits per heavy atom. The van der Waals surface area contributed by atoms with E-state index < -0.39 is 0 Å². The number of fused-ring (bicyclic) bond motifs is 2. The summed E-state index contributed by atoms with van der Waals surface area (Å²) in [6.07, 6.45) is 6.77. The largest absolute Gasteiger partial charge is 0.494 e. The van der Waals surface area contributed by atoms with Gasteiger partial charge in [-0.05, 0) is 56.0 Å². The second-order valence-corrected chi connectivity index (χ2v) is 7.68. The van der Waals surface area contributed by atoms with Crippen LogP contribution >= 0.6 is 0 Å². The predicted octanol–water partition coefficient (Wildman–Crippen LogP) is 3.65. The van der Waals surface area contributed by atoms with Crippen LogP contribution in [0.1, 0.15) is 38.2 Å². The Bertz CT molecular complexity index is 856. The number of aliphatic imine (C=N–C) groups is 1. The van der Waals surface area contributed by atoms with Crippen LogP contribution in [0.15, 0.2) is 47.6 Å². The van der Waals surface area contributed by atoms with Crippen molar-refractivity contribution < 1.29 is 14.2 Å². The Kier molecular flexibility index (Phi) is 6.69. The number of guanidine groups is 1. The van der Waals surface area contributed by atoms with Gasteiger partial charge in [-0.15, -0.1) is 0 Å². The van der Waals surface area contributed by atoms with Crippen molar-refractivity contribution in [2.24, 2.45) is 4.99 Å². The Balaban J connectivity index is 1.34. The molecule has 4 rings (SSSR count). The van der Waals surface area contributed by atoms with Crippen molar-refractivity contribution >= 4 is 5.96 Å². The maximum Gasteiger partial charge on any atom is 0.224 e. The second-order valence-electron chi connectivity index (χ2n) is 7.68. The maximum atomic E-state index is 6.02. The lowest BCUT2D eigenvalue weighted by atomic mass is 9.96. The minimum atomic E-state index is 0.301. The summed E-state index contributed by atoms with van der Waals surface area (Å²) in [4.78, 5) is 8.77. The molecule has 160 valence electrons. The molecule has 2 aromatic rings. The molecule has 7 nitrogen and oxygen atoms in total. The zero-order valence-corrected chi connectivity index (χ0v) is 17.6. The number of benzene rings is 1. The molecule has 3 heterocycles. The van der Waals surface area contributed by atoms with Gasteiger partial charge in [-0.25, -0.2) is 4.98 Å². The molecule has 3 atom stereocenters. The van der Waals surface area contributed by atoms with Crippen LogP contribution < -0.4 is 20.1 Å². The van der Waals surface area contributed by atoms with Gasteiger partial charge in [0.05, 0.1) is 24.9 Å². The van der Waals surface area contributed by atoms with Crippen LogP contribution in [-0.4, -0.2) is 42.8 Å². The summed E-state index contributed by atoms with van der Waals surface area (Å²) in [5, 5.41) is 6.87. The smallest absolute Gasteiger partial charge is 0.224 e. The zero-order chi connectivity index (χ0) is 20.8. The highest BCUT2D eigenvalue weighted by atomic mass is 16.5. The molecule has 2 fully saturated rings. The highest BCUT2D eigenvalue weighted by molar-refractivity contribution is 5.80. The monoisotopic (exact) mass is 410 g/mol. The van der Waals surface area contributed by atoms with Crippen LogP contribution in [-0.2, 0) is 11.3 Å². The molecule has 2 bridgehead atoms. The SMILES string of the molecule is CCCOc1ccc(Oc2ncccc2CNC(=NC)NC2CC3CCC2O3)cc1. The fraction of sp³-hybridized carbons (Fsp3) is 0.478. The van der Waals surface area contributed by atoms with Gasteiger partial charge in [0.25, 0.3) is 0 Å². The molecular formula is C23H30N4O3. The first-order valence-electron chi connectivity index (χ1n) is 10.7. The lowest BCUT2D eigenvalue weighted by Gasteiger charge is -2.22. The summed E-state index contributed by atoms with van der Waals surface area (Å²) in [5.41, 5.74) is 0.955. The topological polar surface area (TPSA) is 77.0 Å². The third-order valence-electron chi connectivity index (χ3n) is 5.46. The average molecular weight is 411 g/mol. The second kappa shape index (κ2) is 9.80. The van der Waals surface area contributed by atoms with Crippen molar-refractivity contribution in [3.63, 3.8) is 0 Å². The molecular weight excluding hydrogens is 380 g/mol. The summed E-state index contributed by atoms with van der Waals surface area (Å²) < 4.78 is 17.6. The standard InChI is InChI=1S/C23H30N4O3/c1-3-13-28-17-6-8-18(9-7-17)30-22-16(5-4-12-25-22)15-26-23(24-2)27-20-14-19-10-11-21(20)29-19/h4-9,12,19-21H,3,10-11,13-15H2,1-2H3,(H2,24,26,27). The van der Waals surface area contributed by atoms with E-state index in [0.29, 0.717) is 37.3 Å². The van der Waals surface area contributed by atoms with Crippen molar-refractivity contribution in [1.82, 2.24) is 15.6 Å². The predicted molar refractivity (Wildman–Crippen MR) is 116 cm³/mol. The minimum absolute atomic E-state index is 0.301. The van der Waals surface area contributed by atoms with E-state index >= 15 is 0 Å². The van der Waals surface area contributed by atoms with Crippen molar-refractivity contribution in [2.75, 3.05) is 13.7 Å². The van der Waals surface area contributed by atoms with Gasteiger partial charge >= 0.3 is 0 Å². The maximum absolute atomic E-state index is 6.02. The van der Waals surface area contributed by atoms with E-state index in [1.165, 1.54) is 6.42 Å². The van der Waals surface area contributed by atoms with E-state index in [1.54, 1.807) is 13.2 Å². The van der Waals surface area contributed by atoms with Crippen LogP contribution in [0.25, 0.3) is 0 Å². The highest BCUT2D eigenvalue weighted by Gasteiger charge is 2.41. The van der Waals surface area contributed by atoms with Gasteiger partial charge in [-0.3, -0.25) is 4.99 Å². The molecule has 1 aromatic heterocycles. The number of hydrogen-bond donors (Lipinski definition) is 2. The van der Waals surface area contributed by atoms with Crippen LogP contribution in [0.3, 0.4) is 0 Å². The van der Waals surface area contributed by atoms with E-state index in [1.807, 2.05) is 36.4 Å². The first-order valence-corrected chi connectivity index (χ1v) is 10.7. The quantitative estimate of drug-likeness (QED) is 0.511. The Labute approximate surface area is 177 Å². The Morgan fingerprint density at radius 2 is 2.03 bits per heavy atom. The number of pyridine rings is 1. The molecule has 7 heteroatoms.